The van der Waals surface area contributed by atoms with Crippen LogP contribution in [-0.2, 0) is 11.3 Å². The number of hydrogen-bond donors (Lipinski definition) is 2. The van der Waals surface area contributed by atoms with Crippen LogP contribution in [0, 0.1) is 0 Å². The molecule has 3 aromatic rings. The number of methoxy groups -OCH3 is 1. The molecule has 1 aromatic heterocycles. The van der Waals surface area contributed by atoms with E-state index < -0.39 is 0 Å². The van der Waals surface area contributed by atoms with Gasteiger partial charge in [-0.1, -0.05) is 30.3 Å². The van der Waals surface area contributed by atoms with Crippen molar-refractivity contribution in [3.8, 4) is 17.1 Å². The number of anilines is 2. The molecule has 0 saturated heterocycles. The SMILES string of the molecule is COc1ccc(NC(=O)C2=C(C)Nc3nc(-c4ccccc4)nn3C2)cc1. The summed E-state index contributed by atoms with van der Waals surface area (Å²) in [7, 11) is 1.61. The minimum atomic E-state index is -0.174. The van der Waals surface area contributed by atoms with Crippen LogP contribution in [0.15, 0.2) is 65.9 Å². The smallest absolute Gasteiger partial charge is 0.255 e. The van der Waals surface area contributed by atoms with Gasteiger partial charge in [-0.25, -0.2) is 4.68 Å². The van der Waals surface area contributed by atoms with Crippen molar-refractivity contribution in [3.05, 3.63) is 65.9 Å². The molecule has 2 N–H and O–H groups in total. The van der Waals surface area contributed by atoms with Gasteiger partial charge in [0.05, 0.1) is 19.2 Å². The average Bonchev–Trinajstić information content (AvgIpc) is 3.11. The lowest BCUT2D eigenvalue weighted by Gasteiger charge is -2.19. The molecule has 0 spiro atoms. The van der Waals surface area contributed by atoms with Crippen LogP contribution in [0.25, 0.3) is 11.4 Å². The highest BCUT2D eigenvalue weighted by atomic mass is 16.5. The van der Waals surface area contributed by atoms with Gasteiger partial charge < -0.3 is 15.4 Å². The van der Waals surface area contributed by atoms with Crippen LogP contribution < -0.4 is 15.4 Å². The number of rotatable bonds is 4. The molecule has 1 aliphatic heterocycles. The number of fused-ring (bicyclic) bond motifs is 1. The predicted molar refractivity (Wildman–Crippen MR) is 103 cm³/mol. The van der Waals surface area contributed by atoms with Crippen molar-refractivity contribution >= 4 is 17.5 Å². The maximum absolute atomic E-state index is 12.7. The summed E-state index contributed by atoms with van der Waals surface area (Å²) in [5.74, 6) is 1.83. The summed E-state index contributed by atoms with van der Waals surface area (Å²) in [5, 5.41) is 10.6. The Morgan fingerprint density at radius 1 is 1.15 bits per heavy atom. The molecule has 2 aromatic carbocycles. The molecule has 0 bridgehead atoms. The van der Waals surface area contributed by atoms with E-state index in [0.29, 0.717) is 29.6 Å². The first kappa shape index (κ1) is 16.8. The number of benzene rings is 2. The number of aromatic nitrogens is 3. The van der Waals surface area contributed by atoms with E-state index in [4.69, 9.17) is 4.74 Å². The number of amides is 1. The highest BCUT2D eigenvalue weighted by Crippen LogP contribution is 2.25. The monoisotopic (exact) mass is 361 g/mol. The lowest BCUT2D eigenvalue weighted by Crippen LogP contribution is -2.26. The Bertz CT molecular complexity index is 1010. The summed E-state index contributed by atoms with van der Waals surface area (Å²) in [6.45, 7) is 2.22. The zero-order valence-electron chi connectivity index (χ0n) is 15.1. The molecule has 1 aliphatic rings. The van der Waals surface area contributed by atoms with E-state index in [1.165, 1.54) is 0 Å². The number of hydrogen-bond acceptors (Lipinski definition) is 5. The normalized spacial score (nSPS) is 13.0. The third kappa shape index (κ3) is 3.39. The molecular weight excluding hydrogens is 342 g/mol. The lowest BCUT2D eigenvalue weighted by atomic mass is 10.1. The minimum Gasteiger partial charge on any atom is -0.497 e. The fourth-order valence-corrected chi connectivity index (χ4v) is 2.89. The van der Waals surface area contributed by atoms with Gasteiger partial charge in [-0.15, -0.1) is 5.10 Å². The van der Waals surface area contributed by atoms with Crippen molar-refractivity contribution in [2.75, 3.05) is 17.7 Å². The van der Waals surface area contributed by atoms with Crippen molar-refractivity contribution in [2.45, 2.75) is 13.5 Å². The Labute approximate surface area is 156 Å². The van der Waals surface area contributed by atoms with E-state index >= 15 is 0 Å². The molecule has 136 valence electrons. The Hall–Kier alpha value is -3.61. The van der Waals surface area contributed by atoms with E-state index in [1.807, 2.05) is 37.3 Å². The highest BCUT2D eigenvalue weighted by Gasteiger charge is 2.23. The third-order valence-electron chi connectivity index (χ3n) is 4.39. The molecule has 0 aliphatic carbocycles. The number of allylic oxidation sites excluding steroid dienone is 1. The van der Waals surface area contributed by atoms with Gasteiger partial charge in [0.25, 0.3) is 5.91 Å². The molecule has 2 heterocycles. The van der Waals surface area contributed by atoms with Crippen LogP contribution in [0.2, 0.25) is 0 Å². The molecule has 0 atom stereocenters. The van der Waals surface area contributed by atoms with E-state index in [0.717, 1.165) is 17.0 Å². The zero-order chi connectivity index (χ0) is 18.8. The van der Waals surface area contributed by atoms with Crippen molar-refractivity contribution in [1.29, 1.82) is 0 Å². The molecule has 1 amide bonds. The first-order valence-electron chi connectivity index (χ1n) is 8.56. The third-order valence-corrected chi connectivity index (χ3v) is 4.39. The molecule has 0 saturated carbocycles. The first-order chi connectivity index (χ1) is 13.1. The fourth-order valence-electron chi connectivity index (χ4n) is 2.89. The van der Waals surface area contributed by atoms with Gasteiger partial charge in [0.1, 0.15) is 5.75 Å². The van der Waals surface area contributed by atoms with Gasteiger partial charge in [0.15, 0.2) is 5.82 Å². The molecular formula is C20H19N5O2. The van der Waals surface area contributed by atoms with Gasteiger partial charge in [-0.2, -0.15) is 4.98 Å². The van der Waals surface area contributed by atoms with Gasteiger partial charge in [-0.05, 0) is 31.2 Å². The van der Waals surface area contributed by atoms with E-state index in [-0.39, 0.29) is 5.91 Å². The van der Waals surface area contributed by atoms with Crippen molar-refractivity contribution in [1.82, 2.24) is 14.8 Å². The molecule has 4 rings (SSSR count). The standard InChI is InChI=1S/C20H19N5O2/c1-13-17(19(26)22-15-8-10-16(27-2)11-9-15)12-25-20(21-13)23-18(24-25)14-6-4-3-5-7-14/h3-11H,12H2,1-2H3,(H,22,26)(H,21,23,24). The Balaban J connectivity index is 1.53. The Kier molecular flexibility index (Phi) is 4.33. The Morgan fingerprint density at radius 2 is 1.89 bits per heavy atom. The zero-order valence-corrected chi connectivity index (χ0v) is 15.1. The first-order valence-corrected chi connectivity index (χ1v) is 8.56. The second kappa shape index (κ2) is 6.95. The molecule has 0 unspecified atom stereocenters. The minimum absolute atomic E-state index is 0.174. The number of nitrogens with zero attached hydrogens (tertiary/aromatic N) is 3. The maximum atomic E-state index is 12.7. The summed E-state index contributed by atoms with van der Waals surface area (Å²) in [6.07, 6.45) is 0. The van der Waals surface area contributed by atoms with Crippen LogP contribution in [-0.4, -0.2) is 27.8 Å². The van der Waals surface area contributed by atoms with Gasteiger partial charge in [0.2, 0.25) is 5.95 Å². The summed E-state index contributed by atoms with van der Waals surface area (Å²) < 4.78 is 6.84. The number of carbonyl (C=O) groups excluding carboxylic acids is 1. The van der Waals surface area contributed by atoms with Crippen LogP contribution in [0.3, 0.4) is 0 Å². The molecule has 7 heteroatoms. The summed E-state index contributed by atoms with van der Waals surface area (Å²) in [4.78, 5) is 17.2. The van der Waals surface area contributed by atoms with E-state index in [2.05, 4.69) is 20.7 Å². The maximum Gasteiger partial charge on any atom is 0.255 e. The summed E-state index contributed by atoms with van der Waals surface area (Å²) in [6, 6.07) is 17.0. The summed E-state index contributed by atoms with van der Waals surface area (Å²) >= 11 is 0. The second-order valence-corrected chi connectivity index (χ2v) is 6.19. The van der Waals surface area contributed by atoms with Gasteiger partial charge in [-0.3, -0.25) is 4.79 Å². The highest BCUT2D eigenvalue weighted by molar-refractivity contribution is 6.04. The van der Waals surface area contributed by atoms with Crippen molar-refractivity contribution in [3.63, 3.8) is 0 Å². The van der Waals surface area contributed by atoms with E-state index in [9.17, 15) is 4.79 Å². The van der Waals surface area contributed by atoms with Crippen LogP contribution in [0.4, 0.5) is 11.6 Å². The van der Waals surface area contributed by atoms with Gasteiger partial charge >= 0.3 is 0 Å². The molecule has 7 nitrogen and oxygen atoms in total. The van der Waals surface area contributed by atoms with Crippen LogP contribution in [0.5, 0.6) is 5.75 Å². The fraction of sp³-hybridized carbons (Fsp3) is 0.150. The average molecular weight is 361 g/mol. The van der Waals surface area contributed by atoms with Gasteiger partial charge in [0, 0.05) is 16.9 Å². The largest absolute Gasteiger partial charge is 0.497 e. The number of nitrogens with one attached hydrogen (secondary N) is 2. The predicted octanol–water partition coefficient (Wildman–Crippen LogP) is 3.29. The molecule has 0 radical (unpaired) electrons. The molecule has 0 fully saturated rings. The van der Waals surface area contributed by atoms with Crippen molar-refractivity contribution < 1.29 is 9.53 Å². The van der Waals surface area contributed by atoms with E-state index in [1.54, 1.807) is 36.1 Å². The Morgan fingerprint density at radius 3 is 2.59 bits per heavy atom. The summed E-state index contributed by atoms with van der Waals surface area (Å²) in [5.41, 5.74) is 3.02. The molecule has 27 heavy (non-hydrogen) atoms. The van der Waals surface area contributed by atoms with Crippen molar-refractivity contribution in [2.24, 2.45) is 0 Å². The number of carbonyl (C=O) groups is 1. The second-order valence-electron chi connectivity index (χ2n) is 6.19. The topological polar surface area (TPSA) is 81.1 Å². The van der Waals surface area contributed by atoms with Crippen LogP contribution in [0.1, 0.15) is 6.92 Å². The number of ether oxygens (including phenoxy) is 1. The quantitative estimate of drug-likeness (QED) is 0.745. The lowest BCUT2D eigenvalue weighted by molar-refractivity contribution is -0.113. The van der Waals surface area contributed by atoms with Crippen LogP contribution >= 0.6 is 0 Å².